The lowest BCUT2D eigenvalue weighted by molar-refractivity contribution is 1.21. The first-order chi connectivity index (χ1) is 12.3. The van der Waals surface area contributed by atoms with Crippen LogP contribution in [-0.2, 0) is 0 Å². The quantitative estimate of drug-likeness (QED) is 0.456. The molecule has 3 aromatic heterocycles. The lowest BCUT2D eigenvalue weighted by Gasteiger charge is -2.09. The summed E-state index contributed by atoms with van der Waals surface area (Å²) in [6.45, 7) is 0. The summed E-state index contributed by atoms with van der Waals surface area (Å²) in [5.41, 5.74) is 5.57. The zero-order valence-corrected chi connectivity index (χ0v) is 14.9. The van der Waals surface area contributed by atoms with Gasteiger partial charge in [0.25, 0.3) is 0 Å². The predicted molar refractivity (Wildman–Crippen MR) is 104 cm³/mol. The fourth-order valence-corrected chi connectivity index (χ4v) is 2.87. The minimum Gasteiger partial charge on any atom is -0.255 e. The molecule has 25 heavy (non-hydrogen) atoms. The van der Waals surface area contributed by atoms with Gasteiger partial charge in [-0.25, -0.2) is 4.98 Å². The van der Waals surface area contributed by atoms with Gasteiger partial charge in [0.15, 0.2) is 0 Å². The molecule has 0 atom stereocenters. The van der Waals surface area contributed by atoms with Crippen LogP contribution in [0.15, 0.2) is 89.7 Å². The molecule has 0 bridgehead atoms. The first-order valence-corrected chi connectivity index (χ1v) is 8.70. The van der Waals surface area contributed by atoms with Gasteiger partial charge in [-0.2, -0.15) is 0 Å². The highest BCUT2D eigenvalue weighted by atomic mass is 79.9. The SMILES string of the molecule is Brc1ccc(-c2cc(-c3ccccc3)cc(-c3ccccn3)n2)nc1. The van der Waals surface area contributed by atoms with Crippen molar-refractivity contribution in [2.24, 2.45) is 0 Å². The Bertz CT molecular complexity index is 927. The molecular weight excluding hydrogens is 374 g/mol. The molecule has 0 radical (unpaired) electrons. The minimum absolute atomic E-state index is 0.828. The van der Waals surface area contributed by atoms with Crippen molar-refractivity contribution in [1.82, 2.24) is 15.0 Å². The fraction of sp³-hybridized carbons (Fsp3) is 0. The second kappa shape index (κ2) is 6.95. The molecule has 0 aliphatic heterocycles. The van der Waals surface area contributed by atoms with Gasteiger partial charge in [0.2, 0.25) is 0 Å². The van der Waals surface area contributed by atoms with E-state index in [4.69, 9.17) is 4.98 Å². The van der Waals surface area contributed by atoms with Crippen molar-refractivity contribution in [3.8, 4) is 33.9 Å². The maximum Gasteiger partial charge on any atom is 0.0900 e. The van der Waals surface area contributed by atoms with E-state index in [1.165, 1.54) is 0 Å². The zero-order valence-electron chi connectivity index (χ0n) is 13.3. The van der Waals surface area contributed by atoms with Crippen LogP contribution in [0, 0.1) is 0 Å². The third-order valence-electron chi connectivity index (χ3n) is 3.85. The lowest BCUT2D eigenvalue weighted by Crippen LogP contribution is -1.94. The molecule has 0 saturated carbocycles. The van der Waals surface area contributed by atoms with Gasteiger partial charge >= 0.3 is 0 Å². The largest absolute Gasteiger partial charge is 0.255 e. The van der Waals surface area contributed by atoms with Gasteiger partial charge in [0, 0.05) is 16.9 Å². The second-order valence-corrected chi connectivity index (χ2v) is 6.48. The molecule has 0 spiro atoms. The van der Waals surface area contributed by atoms with Crippen LogP contribution in [0.25, 0.3) is 33.9 Å². The van der Waals surface area contributed by atoms with Crippen molar-refractivity contribution < 1.29 is 0 Å². The average molecular weight is 388 g/mol. The van der Waals surface area contributed by atoms with E-state index in [0.29, 0.717) is 0 Å². The summed E-state index contributed by atoms with van der Waals surface area (Å²) in [7, 11) is 0. The Hall–Kier alpha value is -2.85. The van der Waals surface area contributed by atoms with Crippen LogP contribution < -0.4 is 0 Å². The van der Waals surface area contributed by atoms with E-state index in [-0.39, 0.29) is 0 Å². The predicted octanol–water partition coefficient (Wildman–Crippen LogP) is 5.64. The molecule has 3 nitrogen and oxygen atoms in total. The molecule has 0 aliphatic carbocycles. The van der Waals surface area contributed by atoms with E-state index < -0.39 is 0 Å². The summed E-state index contributed by atoms with van der Waals surface area (Å²) < 4.78 is 0.945. The Balaban J connectivity index is 1.90. The highest BCUT2D eigenvalue weighted by molar-refractivity contribution is 9.10. The number of rotatable bonds is 3. The van der Waals surface area contributed by atoms with Crippen LogP contribution in [0.1, 0.15) is 0 Å². The number of hydrogen-bond acceptors (Lipinski definition) is 3. The van der Waals surface area contributed by atoms with Gasteiger partial charge in [-0.05, 0) is 63.5 Å². The number of nitrogens with zero attached hydrogens (tertiary/aromatic N) is 3. The molecule has 4 rings (SSSR count). The van der Waals surface area contributed by atoms with Gasteiger partial charge in [0.05, 0.1) is 22.8 Å². The first kappa shape index (κ1) is 15.7. The van der Waals surface area contributed by atoms with E-state index in [2.05, 4.69) is 50.2 Å². The standard InChI is InChI=1S/C21H14BrN3/c22-17-9-10-19(24-14-17)21-13-16(15-6-2-1-3-7-15)12-20(25-21)18-8-4-5-11-23-18/h1-14H. The third-order valence-corrected chi connectivity index (χ3v) is 4.32. The molecule has 0 aliphatic rings. The number of hydrogen-bond donors (Lipinski definition) is 0. The van der Waals surface area contributed by atoms with Crippen LogP contribution in [0.2, 0.25) is 0 Å². The normalized spacial score (nSPS) is 10.6. The van der Waals surface area contributed by atoms with E-state index in [0.717, 1.165) is 38.4 Å². The van der Waals surface area contributed by atoms with E-state index in [9.17, 15) is 0 Å². The number of halogens is 1. The first-order valence-electron chi connectivity index (χ1n) is 7.90. The van der Waals surface area contributed by atoms with Crippen molar-refractivity contribution in [1.29, 1.82) is 0 Å². The van der Waals surface area contributed by atoms with Crippen LogP contribution in [0.3, 0.4) is 0 Å². The number of aromatic nitrogens is 3. The zero-order chi connectivity index (χ0) is 17.1. The van der Waals surface area contributed by atoms with Crippen LogP contribution in [-0.4, -0.2) is 15.0 Å². The Kier molecular flexibility index (Phi) is 4.36. The molecule has 4 aromatic rings. The lowest BCUT2D eigenvalue weighted by atomic mass is 10.0. The molecule has 0 saturated heterocycles. The molecular formula is C21H14BrN3. The van der Waals surface area contributed by atoms with Crippen LogP contribution >= 0.6 is 15.9 Å². The molecule has 0 amide bonds. The topological polar surface area (TPSA) is 38.7 Å². The maximum absolute atomic E-state index is 4.79. The summed E-state index contributed by atoms with van der Waals surface area (Å²) in [4.78, 5) is 13.7. The Morgan fingerprint density at radius 2 is 1.32 bits per heavy atom. The highest BCUT2D eigenvalue weighted by Crippen LogP contribution is 2.29. The van der Waals surface area contributed by atoms with Crippen molar-refractivity contribution in [2.45, 2.75) is 0 Å². The van der Waals surface area contributed by atoms with Crippen molar-refractivity contribution in [3.05, 3.63) is 89.7 Å². The van der Waals surface area contributed by atoms with Crippen molar-refractivity contribution >= 4 is 15.9 Å². The van der Waals surface area contributed by atoms with E-state index in [1.807, 2.05) is 48.5 Å². The number of benzene rings is 1. The van der Waals surface area contributed by atoms with Crippen LogP contribution in [0.4, 0.5) is 0 Å². The van der Waals surface area contributed by atoms with E-state index >= 15 is 0 Å². The minimum atomic E-state index is 0.828. The van der Waals surface area contributed by atoms with Gasteiger partial charge in [-0.3, -0.25) is 9.97 Å². The number of pyridine rings is 3. The monoisotopic (exact) mass is 387 g/mol. The maximum atomic E-state index is 4.79. The molecule has 0 unspecified atom stereocenters. The van der Waals surface area contributed by atoms with Gasteiger partial charge in [0.1, 0.15) is 0 Å². The van der Waals surface area contributed by atoms with Crippen LogP contribution in [0.5, 0.6) is 0 Å². The van der Waals surface area contributed by atoms with Gasteiger partial charge in [-0.15, -0.1) is 0 Å². The Morgan fingerprint density at radius 3 is 1.96 bits per heavy atom. The molecule has 3 heterocycles. The van der Waals surface area contributed by atoms with E-state index in [1.54, 1.807) is 12.4 Å². The summed E-state index contributed by atoms with van der Waals surface area (Å²) in [6, 6.07) is 24.2. The van der Waals surface area contributed by atoms with Gasteiger partial charge < -0.3 is 0 Å². The summed E-state index contributed by atoms with van der Waals surface area (Å²) in [5, 5.41) is 0. The Morgan fingerprint density at radius 1 is 0.600 bits per heavy atom. The average Bonchev–Trinajstić information content (AvgIpc) is 2.69. The third kappa shape index (κ3) is 3.49. The molecule has 120 valence electrons. The smallest absolute Gasteiger partial charge is 0.0900 e. The molecule has 4 heteroatoms. The molecule has 0 fully saturated rings. The molecule has 1 aromatic carbocycles. The molecule has 0 N–H and O–H groups in total. The summed E-state index contributed by atoms with van der Waals surface area (Å²) >= 11 is 3.43. The van der Waals surface area contributed by atoms with Crippen molar-refractivity contribution in [3.63, 3.8) is 0 Å². The summed E-state index contributed by atoms with van der Waals surface area (Å²) in [5.74, 6) is 0. The summed E-state index contributed by atoms with van der Waals surface area (Å²) in [6.07, 6.45) is 3.57. The van der Waals surface area contributed by atoms with Crippen molar-refractivity contribution in [2.75, 3.05) is 0 Å². The highest BCUT2D eigenvalue weighted by Gasteiger charge is 2.10. The second-order valence-electron chi connectivity index (χ2n) is 5.57. The fourth-order valence-electron chi connectivity index (χ4n) is 2.63. The Labute approximate surface area is 154 Å². The van der Waals surface area contributed by atoms with Gasteiger partial charge in [-0.1, -0.05) is 36.4 Å².